The van der Waals surface area contributed by atoms with Gasteiger partial charge in [-0.25, -0.2) is 4.79 Å². The molecule has 0 aromatic heterocycles. The van der Waals surface area contributed by atoms with Gasteiger partial charge in [0.1, 0.15) is 0 Å². The van der Waals surface area contributed by atoms with Gasteiger partial charge in [0.05, 0.1) is 18.2 Å². The highest BCUT2D eigenvalue weighted by molar-refractivity contribution is 5.85. The first-order valence-electron chi connectivity index (χ1n) is 6.09. The zero-order valence-electron chi connectivity index (χ0n) is 11.1. The number of nitrogens with zero attached hydrogens (tertiary/aromatic N) is 1. The molecule has 0 fully saturated rings. The molecule has 21 heavy (non-hydrogen) atoms. The number of carbonyl (C=O) groups is 1. The zero-order valence-corrected chi connectivity index (χ0v) is 11.9. The van der Waals surface area contributed by atoms with Crippen molar-refractivity contribution in [1.82, 2.24) is 0 Å². The fraction of sp³-hybridized carbons (Fsp3) is 0.125. The van der Waals surface area contributed by atoms with Crippen molar-refractivity contribution in [2.75, 3.05) is 0 Å². The molecule has 2 aromatic rings. The molecular weight excluding hydrogens is 290 g/mol. The SMILES string of the molecule is Cl.N#Cc1cccc(C(OCc2ccccc2)C(=O)O)c1. The number of halogens is 1. The summed E-state index contributed by atoms with van der Waals surface area (Å²) in [7, 11) is 0. The summed E-state index contributed by atoms with van der Waals surface area (Å²) in [4.78, 5) is 11.3. The molecule has 2 rings (SSSR count). The van der Waals surface area contributed by atoms with E-state index in [9.17, 15) is 9.90 Å². The second-order valence-electron chi connectivity index (χ2n) is 4.25. The van der Waals surface area contributed by atoms with E-state index in [1.54, 1.807) is 18.2 Å². The Morgan fingerprint density at radius 2 is 1.90 bits per heavy atom. The standard InChI is InChI=1S/C16H13NO3.ClH/c17-10-13-7-4-8-14(9-13)15(16(18)19)20-11-12-5-2-1-3-6-12;/h1-9,15H,11H2,(H,18,19);1H. The van der Waals surface area contributed by atoms with Crippen LogP contribution in [0.25, 0.3) is 0 Å². The minimum absolute atomic E-state index is 0. The van der Waals surface area contributed by atoms with E-state index in [-0.39, 0.29) is 19.0 Å². The van der Waals surface area contributed by atoms with Gasteiger partial charge >= 0.3 is 5.97 Å². The largest absolute Gasteiger partial charge is 0.479 e. The van der Waals surface area contributed by atoms with Crippen LogP contribution in [0.4, 0.5) is 0 Å². The molecule has 0 saturated carbocycles. The summed E-state index contributed by atoms with van der Waals surface area (Å²) < 4.78 is 5.47. The van der Waals surface area contributed by atoms with E-state index in [2.05, 4.69) is 0 Å². The number of hydrogen-bond acceptors (Lipinski definition) is 3. The van der Waals surface area contributed by atoms with Gasteiger partial charge in [0.25, 0.3) is 0 Å². The molecule has 0 spiro atoms. The van der Waals surface area contributed by atoms with Gasteiger partial charge in [0, 0.05) is 0 Å². The van der Waals surface area contributed by atoms with Gasteiger partial charge in [0.2, 0.25) is 0 Å². The second-order valence-corrected chi connectivity index (χ2v) is 4.25. The molecule has 2 aromatic carbocycles. The molecule has 5 heteroatoms. The Hall–Kier alpha value is -2.35. The van der Waals surface area contributed by atoms with E-state index in [0.29, 0.717) is 11.1 Å². The first-order chi connectivity index (χ1) is 9.70. The highest BCUT2D eigenvalue weighted by Gasteiger charge is 2.20. The predicted octanol–water partition coefficient (Wildman–Crippen LogP) is 3.32. The van der Waals surface area contributed by atoms with Crippen molar-refractivity contribution in [2.24, 2.45) is 0 Å². The van der Waals surface area contributed by atoms with Crippen molar-refractivity contribution < 1.29 is 14.6 Å². The van der Waals surface area contributed by atoms with E-state index >= 15 is 0 Å². The number of nitriles is 1. The highest BCUT2D eigenvalue weighted by atomic mass is 35.5. The quantitative estimate of drug-likeness (QED) is 0.920. The maximum Gasteiger partial charge on any atom is 0.337 e. The lowest BCUT2D eigenvalue weighted by atomic mass is 10.1. The Kier molecular flexibility index (Phi) is 6.41. The second kappa shape index (κ2) is 8.05. The third-order valence-electron chi connectivity index (χ3n) is 2.80. The summed E-state index contributed by atoms with van der Waals surface area (Å²) in [6.45, 7) is 0.203. The molecule has 108 valence electrons. The maximum atomic E-state index is 11.3. The molecule has 0 aliphatic heterocycles. The van der Waals surface area contributed by atoms with Crippen LogP contribution >= 0.6 is 12.4 Å². The Morgan fingerprint density at radius 1 is 1.19 bits per heavy atom. The van der Waals surface area contributed by atoms with E-state index in [1.807, 2.05) is 36.4 Å². The molecule has 0 aliphatic rings. The first-order valence-corrected chi connectivity index (χ1v) is 6.09. The summed E-state index contributed by atoms with van der Waals surface area (Å²) in [5.41, 5.74) is 1.78. The summed E-state index contributed by atoms with van der Waals surface area (Å²) in [5, 5.41) is 18.1. The minimum atomic E-state index is -1.08. The highest BCUT2D eigenvalue weighted by Crippen LogP contribution is 2.20. The minimum Gasteiger partial charge on any atom is -0.479 e. The van der Waals surface area contributed by atoms with Crippen LogP contribution in [0.3, 0.4) is 0 Å². The number of carboxylic acids is 1. The normalized spacial score (nSPS) is 11.0. The summed E-state index contributed by atoms with van der Waals surface area (Å²) in [5.74, 6) is -1.07. The summed E-state index contributed by atoms with van der Waals surface area (Å²) >= 11 is 0. The number of aliphatic carboxylic acids is 1. The van der Waals surface area contributed by atoms with Crippen LogP contribution in [0, 0.1) is 11.3 Å². The number of rotatable bonds is 5. The smallest absolute Gasteiger partial charge is 0.337 e. The Balaban J connectivity index is 0.00000220. The van der Waals surface area contributed by atoms with E-state index in [4.69, 9.17) is 10.00 Å². The van der Waals surface area contributed by atoms with Crippen molar-refractivity contribution in [3.05, 3.63) is 71.3 Å². The fourth-order valence-electron chi connectivity index (χ4n) is 1.84. The monoisotopic (exact) mass is 303 g/mol. The Labute approximate surface area is 129 Å². The van der Waals surface area contributed by atoms with E-state index in [1.165, 1.54) is 6.07 Å². The van der Waals surface area contributed by atoms with Gasteiger partial charge in [-0.1, -0.05) is 42.5 Å². The molecule has 4 nitrogen and oxygen atoms in total. The molecule has 1 N–H and O–H groups in total. The van der Waals surface area contributed by atoms with Crippen LogP contribution in [0.2, 0.25) is 0 Å². The van der Waals surface area contributed by atoms with Gasteiger partial charge in [-0.05, 0) is 23.3 Å². The average Bonchev–Trinajstić information content (AvgIpc) is 2.48. The average molecular weight is 304 g/mol. The Bertz CT molecular complexity index is 637. The Morgan fingerprint density at radius 3 is 2.52 bits per heavy atom. The van der Waals surface area contributed by atoms with Gasteiger partial charge in [-0.2, -0.15) is 5.26 Å². The lowest BCUT2D eigenvalue weighted by Crippen LogP contribution is -2.15. The molecular formula is C16H14ClNO3. The number of hydrogen-bond donors (Lipinski definition) is 1. The summed E-state index contributed by atoms with van der Waals surface area (Å²) in [6, 6.07) is 17.8. The zero-order chi connectivity index (χ0) is 14.4. The van der Waals surface area contributed by atoms with Gasteiger partial charge in [-0.15, -0.1) is 12.4 Å². The molecule has 0 aliphatic carbocycles. The number of carboxylic acid groups (broad SMARTS) is 1. The molecule has 1 unspecified atom stereocenters. The summed E-state index contributed by atoms with van der Waals surface area (Å²) in [6.07, 6.45) is -1.08. The van der Waals surface area contributed by atoms with Crippen molar-refractivity contribution in [3.63, 3.8) is 0 Å². The van der Waals surface area contributed by atoms with Crippen LogP contribution in [0.1, 0.15) is 22.8 Å². The third kappa shape index (κ3) is 4.60. The van der Waals surface area contributed by atoms with Crippen molar-refractivity contribution in [1.29, 1.82) is 5.26 Å². The number of benzene rings is 2. The molecule has 0 radical (unpaired) electrons. The van der Waals surface area contributed by atoms with Crippen LogP contribution in [0.5, 0.6) is 0 Å². The number of ether oxygens (including phenoxy) is 1. The van der Waals surface area contributed by atoms with E-state index in [0.717, 1.165) is 5.56 Å². The predicted molar refractivity (Wildman–Crippen MR) is 80.0 cm³/mol. The van der Waals surface area contributed by atoms with Crippen LogP contribution < -0.4 is 0 Å². The van der Waals surface area contributed by atoms with Gasteiger partial charge in [-0.3, -0.25) is 0 Å². The van der Waals surface area contributed by atoms with Crippen LogP contribution in [-0.2, 0) is 16.1 Å². The molecule has 1 atom stereocenters. The molecule has 0 saturated heterocycles. The van der Waals surface area contributed by atoms with Crippen molar-refractivity contribution in [3.8, 4) is 6.07 Å². The molecule has 0 amide bonds. The fourth-order valence-corrected chi connectivity index (χ4v) is 1.84. The topological polar surface area (TPSA) is 70.3 Å². The first kappa shape index (κ1) is 16.7. The molecule has 0 bridgehead atoms. The van der Waals surface area contributed by atoms with Gasteiger partial charge in [0.15, 0.2) is 6.10 Å². The lowest BCUT2D eigenvalue weighted by molar-refractivity contribution is -0.151. The van der Waals surface area contributed by atoms with Gasteiger partial charge < -0.3 is 9.84 Å². The van der Waals surface area contributed by atoms with Crippen LogP contribution in [0.15, 0.2) is 54.6 Å². The van der Waals surface area contributed by atoms with Crippen molar-refractivity contribution in [2.45, 2.75) is 12.7 Å². The maximum absolute atomic E-state index is 11.3. The van der Waals surface area contributed by atoms with E-state index < -0.39 is 12.1 Å². The van der Waals surface area contributed by atoms with Crippen LogP contribution in [-0.4, -0.2) is 11.1 Å². The van der Waals surface area contributed by atoms with Crippen molar-refractivity contribution >= 4 is 18.4 Å². The molecule has 0 heterocycles. The third-order valence-corrected chi connectivity index (χ3v) is 2.80. The lowest BCUT2D eigenvalue weighted by Gasteiger charge is -2.14.